The Morgan fingerprint density at radius 3 is 2.96 bits per heavy atom. The first-order valence-electron chi connectivity index (χ1n) is 8.71. The minimum Gasteiger partial charge on any atom is -0.374 e. The van der Waals surface area contributed by atoms with Crippen molar-refractivity contribution in [2.75, 3.05) is 26.2 Å². The molecular weight excluding hydrogens is 306 g/mol. The highest BCUT2D eigenvalue weighted by atomic mass is 16.5. The molecule has 130 valence electrons. The number of carbonyl (C=O) groups is 2. The largest absolute Gasteiger partial charge is 0.374 e. The molecule has 2 N–H and O–H groups in total. The van der Waals surface area contributed by atoms with Crippen LogP contribution in [0.15, 0.2) is 30.3 Å². The van der Waals surface area contributed by atoms with Gasteiger partial charge in [0, 0.05) is 26.1 Å². The maximum atomic E-state index is 12.5. The number of hydrogen-bond donors (Lipinski definition) is 2. The van der Waals surface area contributed by atoms with E-state index in [1.54, 1.807) is 4.90 Å². The fourth-order valence-corrected chi connectivity index (χ4v) is 3.22. The standard InChI is InChI=1S/C18H25N3O3/c22-17-16(8-4-5-9-19-17)20-18(23)21-10-11-24-15(13-21)12-14-6-2-1-3-7-14/h1-3,6-7,15-16H,4-5,8-13H2,(H,19,22)(H,20,23). The van der Waals surface area contributed by atoms with Crippen molar-refractivity contribution in [2.45, 2.75) is 37.8 Å². The van der Waals surface area contributed by atoms with Gasteiger partial charge < -0.3 is 20.3 Å². The molecule has 0 aliphatic carbocycles. The normalized spacial score (nSPS) is 24.8. The summed E-state index contributed by atoms with van der Waals surface area (Å²) in [6, 6.07) is 9.55. The van der Waals surface area contributed by atoms with Crippen LogP contribution in [-0.4, -0.2) is 55.2 Å². The van der Waals surface area contributed by atoms with Gasteiger partial charge in [-0.3, -0.25) is 4.79 Å². The summed E-state index contributed by atoms with van der Waals surface area (Å²) in [5.74, 6) is -0.0741. The molecule has 0 saturated carbocycles. The average Bonchev–Trinajstić information content (AvgIpc) is 2.81. The van der Waals surface area contributed by atoms with E-state index in [4.69, 9.17) is 4.74 Å². The molecule has 2 aliphatic rings. The topological polar surface area (TPSA) is 70.7 Å². The number of benzene rings is 1. The van der Waals surface area contributed by atoms with Gasteiger partial charge in [-0.25, -0.2) is 4.79 Å². The predicted molar refractivity (Wildman–Crippen MR) is 90.6 cm³/mol. The number of nitrogens with zero attached hydrogens (tertiary/aromatic N) is 1. The van der Waals surface area contributed by atoms with Crippen molar-refractivity contribution in [3.8, 4) is 0 Å². The number of morpholine rings is 1. The summed E-state index contributed by atoms with van der Waals surface area (Å²) in [5, 5.41) is 5.73. The monoisotopic (exact) mass is 331 g/mol. The Labute approximate surface area is 142 Å². The van der Waals surface area contributed by atoms with Crippen LogP contribution in [0.25, 0.3) is 0 Å². The first-order valence-corrected chi connectivity index (χ1v) is 8.71. The van der Waals surface area contributed by atoms with E-state index < -0.39 is 6.04 Å². The molecule has 24 heavy (non-hydrogen) atoms. The minimum atomic E-state index is -0.421. The zero-order valence-electron chi connectivity index (χ0n) is 13.9. The van der Waals surface area contributed by atoms with Gasteiger partial charge in [-0.15, -0.1) is 0 Å². The Kier molecular flexibility index (Phi) is 5.69. The van der Waals surface area contributed by atoms with Crippen molar-refractivity contribution >= 4 is 11.9 Å². The fraction of sp³-hybridized carbons (Fsp3) is 0.556. The van der Waals surface area contributed by atoms with E-state index in [1.807, 2.05) is 18.2 Å². The molecule has 2 unspecified atom stereocenters. The van der Waals surface area contributed by atoms with Crippen LogP contribution < -0.4 is 10.6 Å². The molecule has 2 heterocycles. The summed E-state index contributed by atoms with van der Waals surface area (Å²) in [6.45, 7) is 2.34. The van der Waals surface area contributed by atoms with Gasteiger partial charge in [0.15, 0.2) is 0 Å². The molecule has 3 amide bonds. The molecular formula is C18H25N3O3. The third-order valence-corrected chi connectivity index (χ3v) is 4.57. The van der Waals surface area contributed by atoms with Crippen molar-refractivity contribution < 1.29 is 14.3 Å². The van der Waals surface area contributed by atoms with Crippen LogP contribution in [0.4, 0.5) is 4.79 Å². The lowest BCUT2D eigenvalue weighted by Crippen LogP contribution is -2.54. The van der Waals surface area contributed by atoms with Crippen molar-refractivity contribution in [2.24, 2.45) is 0 Å². The molecule has 2 saturated heterocycles. The molecule has 0 aromatic heterocycles. The Morgan fingerprint density at radius 1 is 1.29 bits per heavy atom. The number of carbonyl (C=O) groups excluding carboxylic acids is 2. The fourth-order valence-electron chi connectivity index (χ4n) is 3.22. The van der Waals surface area contributed by atoms with Crippen molar-refractivity contribution in [1.82, 2.24) is 15.5 Å². The van der Waals surface area contributed by atoms with Crippen molar-refractivity contribution in [3.05, 3.63) is 35.9 Å². The van der Waals surface area contributed by atoms with Gasteiger partial charge in [-0.05, 0) is 24.8 Å². The highest BCUT2D eigenvalue weighted by Crippen LogP contribution is 2.13. The summed E-state index contributed by atoms with van der Waals surface area (Å²) >= 11 is 0. The molecule has 1 aromatic carbocycles. The van der Waals surface area contributed by atoms with Crippen LogP contribution in [0.3, 0.4) is 0 Å². The van der Waals surface area contributed by atoms with Gasteiger partial charge in [0.1, 0.15) is 6.04 Å². The summed E-state index contributed by atoms with van der Waals surface area (Å²) in [4.78, 5) is 26.2. The molecule has 6 heteroatoms. The third-order valence-electron chi connectivity index (χ3n) is 4.57. The lowest BCUT2D eigenvalue weighted by molar-refractivity contribution is -0.122. The molecule has 2 fully saturated rings. The molecule has 2 aliphatic heterocycles. The van der Waals surface area contributed by atoms with Gasteiger partial charge in [0.05, 0.1) is 12.7 Å². The quantitative estimate of drug-likeness (QED) is 0.877. The van der Waals surface area contributed by atoms with Gasteiger partial charge >= 0.3 is 6.03 Å². The van der Waals surface area contributed by atoms with Gasteiger partial charge in [-0.1, -0.05) is 30.3 Å². The SMILES string of the molecule is O=C1NCCCCC1NC(=O)N1CCOC(Cc2ccccc2)C1. The summed E-state index contributed by atoms with van der Waals surface area (Å²) in [5.41, 5.74) is 1.20. The van der Waals surface area contributed by atoms with E-state index in [0.717, 1.165) is 19.3 Å². The molecule has 1 aromatic rings. The molecule has 0 radical (unpaired) electrons. The van der Waals surface area contributed by atoms with E-state index in [0.29, 0.717) is 32.7 Å². The van der Waals surface area contributed by atoms with Gasteiger partial charge in [0.25, 0.3) is 0 Å². The predicted octanol–water partition coefficient (Wildman–Crippen LogP) is 1.31. The first-order chi connectivity index (χ1) is 11.7. The van der Waals surface area contributed by atoms with Crippen LogP contribution in [0.1, 0.15) is 24.8 Å². The second-order valence-corrected chi connectivity index (χ2v) is 6.42. The Hall–Kier alpha value is -2.08. The molecule has 0 bridgehead atoms. The lowest BCUT2D eigenvalue weighted by atomic mass is 10.1. The number of nitrogens with one attached hydrogen (secondary N) is 2. The van der Waals surface area contributed by atoms with E-state index in [2.05, 4.69) is 22.8 Å². The highest BCUT2D eigenvalue weighted by Gasteiger charge is 2.28. The van der Waals surface area contributed by atoms with E-state index in [9.17, 15) is 9.59 Å². The van der Waals surface area contributed by atoms with E-state index in [-0.39, 0.29) is 18.0 Å². The number of amides is 3. The highest BCUT2D eigenvalue weighted by molar-refractivity contribution is 5.87. The Balaban J connectivity index is 1.53. The summed E-state index contributed by atoms with van der Waals surface area (Å²) in [6.07, 6.45) is 3.40. The van der Waals surface area contributed by atoms with E-state index in [1.165, 1.54) is 5.56 Å². The third kappa shape index (κ3) is 4.47. The second kappa shape index (κ2) is 8.15. The molecule has 3 rings (SSSR count). The van der Waals surface area contributed by atoms with Crippen LogP contribution in [-0.2, 0) is 16.0 Å². The minimum absolute atomic E-state index is 0.00476. The van der Waals surface area contributed by atoms with Crippen molar-refractivity contribution in [1.29, 1.82) is 0 Å². The van der Waals surface area contributed by atoms with Crippen LogP contribution >= 0.6 is 0 Å². The number of hydrogen-bond acceptors (Lipinski definition) is 3. The summed E-state index contributed by atoms with van der Waals surface area (Å²) in [7, 11) is 0. The average molecular weight is 331 g/mol. The summed E-state index contributed by atoms with van der Waals surface area (Å²) < 4.78 is 5.79. The van der Waals surface area contributed by atoms with Gasteiger partial charge in [-0.2, -0.15) is 0 Å². The second-order valence-electron chi connectivity index (χ2n) is 6.42. The number of ether oxygens (including phenoxy) is 1. The smallest absolute Gasteiger partial charge is 0.318 e. The molecule has 0 spiro atoms. The van der Waals surface area contributed by atoms with Crippen molar-refractivity contribution in [3.63, 3.8) is 0 Å². The molecule has 2 atom stereocenters. The maximum absolute atomic E-state index is 12.5. The number of rotatable bonds is 3. The Bertz CT molecular complexity index is 564. The van der Waals surface area contributed by atoms with E-state index >= 15 is 0 Å². The lowest BCUT2D eigenvalue weighted by Gasteiger charge is -2.34. The zero-order valence-corrected chi connectivity index (χ0v) is 13.9. The zero-order chi connectivity index (χ0) is 16.8. The number of urea groups is 1. The van der Waals surface area contributed by atoms with Crippen LogP contribution in [0.5, 0.6) is 0 Å². The molecule has 6 nitrogen and oxygen atoms in total. The van der Waals surface area contributed by atoms with Crippen LogP contribution in [0.2, 0.25) is 0 Å². The van der Waals surface area contributed by atoms with Crippen LogP contribution in [0, 0.1) is 0 Å². The maximum Gasteiger partial charge on any atom is 0.318 e. The first kappa shape index (κ1) is 16.8. The van der Waals surface area contributed by atoms with Gasteiger partial charge in [0.2, 0.25) is 5.91 Å². The Morgan fingerprint density at radius 2 is 2.12 bits per heavy atom.